The quantitative estimate of drug-likeness (QED) is 0.464. The van der Waals surface area contributed by atoms with Crippen molar-refractivity contribution in [3.05, 3.63) is 29.6 Å². The summed E-state index contributed by atoms with van der Waals surface area (Å²) in [6.45, 7) is 0.470. The van der Waals surface area contributed by atoms with E-state index < -0.39 is 10.0 Å². The molecular formula is C12H16N4O3S. The number of amides is 1. The molecule has 1 aromatic rings. The Bertz CT molecular complexity index is 614. The fourth-order valence-electron chi connectivity index (χ4n) is 1.32. The van der Waals surface area contributed by atoms with Crippen molar-refractivity contribution < 1.29 is 13.2 Å². The van der Waals surface area contributed by atoms with E-state index in [4.69, 9.17) is 10.9 Å². The lowest BCUT2D eigenvalue weighted by Crippen LogP contribution is -2.27. The second kappa shape index (κ2) is 7.59. The number of primary sulfonamides is 1. The monoisotopic (exact) mass is 296 g/mol. The maximum atomic E-state index is 11.7. The third-order valence-electron chi connectivity index (χ3n) is 2.22. The van der Waals surface area contributed by atoms with Crippen LogP contribution in [0.2, 0.25) is 0 Å². The van der Waals surface area contributed by atoms with Crippen LogP contribution in [0.15, 0.2) is 18.3 Å². The highest BCUT2D eigenvalue weighted by atomic mass is 32.2. The van der Waals surface area contributed by atoms with Crippen molar-refractivity contribution in [1.82, 2.24) is 10.3 Å². The minimum atomic E-state index is -3.49. The van der Waals surface area contributed by atoms with Crippen LogP contribution in [0.5, 0.6) is 0 Å². The lowest BCUT2D eigenvalue weighted by Gasteiger charge is -2.04. The number of hydrogen-bond acceptors (Lipinski definition) is 5. The summed E-state index contributed by atoms with van der Waals surface area (Å²) in [7, 11) is -3.49. The van der Waals surface area contributed by atoms with E-state index in [9.17, 15) is 13.2 Å². The summed E-state index contributed by atoms with van der Waals surface area (Å²) in [5, 5.41) is 7.40. The smallest absolute Gasteiger partial charge is 0.269 e. The molecule has 0 aliphatic heterocycles. The Kier molecular flexibility index (Phi) is 6.11. The SMILES string of the molecule is NCC#Cc1ccc(C(=O)NCCCS(N)(=O)=O)nc1. The van der Waals surface area contributed by atoms with Gasteiger partial charge in [-0.25, -0.2) is 18.5 Å². The van der Waals surface area contributed by atoms with Gasteiger partial charge in [0, 0.05) is 18.3 Å². The predicted molar refractivity (Wildman–Crippen MR) is 75.1 cm³/mol. The van der Waals surface area contributed by atoms with Gasteiger partial charge in [-0.3, -0.25) is 4.79 Å². The van der Waals surface area contributed by atoms with Gasteiger partial charge in [-0.2, -0.15) is 0 Å². The first-order valence-electron chi connectivity index (χ1n) is 5.86. The molecule has 0 aliphatic rings. The molecule has 0 aromatic carbocycles. The molecule has 20 heavy (non-hydrogen) atoms. The maximum Gasteiger partial charge on any atom is 0.269 e. The predicted octanol–water partition coefficient (Wildman–Crippen LogP) is -1.20. The topological polar surface area (TPSA) is 128 Å². The van der Waals surface area contributed by atoms with Crippen LogP contribution in [-0.2, 0) is 10.0 Å². The van der Waals surface area contributed by atoms with Gasteiger partial charge in [-0.1, -0.05) is 11.8 Å². The molecule has 0 radical (unpaired) electrons. The number of nitrogens with zero attached hydrogens (tertiary/aromatic N) is 1. The van der Waals surface area contributed by atoms with Gasteiger partial charge in [0.05, 0.1) is 12.3 Å². The minimum Gasteiger partial charge on any atom is -0.351 e. The zero-order chi connectivity index (χ0) is 15.0. The van der Waals surface area contributed by atoms with Crippen molar-refractivity contribution in [1.29, 1.82) is 0 Å². The van der Waals surface area contributed by atoms with Crippen LogP contribution in [0.1, 0.15) is 22.5 Å². The molecule has 8 heteroatoms. The highest BCUT2D eigenvalue weighted by molar-refractivity contribution is 7.89. The Morgan fingerprint density at radius 3 is 2.70 bits per heavy atom. The van der Waals surface area contributed by atoms with Gasteiger partial charge in [-0.05, 0) is 18.6 Å². The Hall–Kier alpha value is -1.95. The summed E-state index contributed by atoms with van der Waals surface area (Å²) < 4.78 is 21.4. The van der Waals surface area contributed by atoms with Gasteiger partial charge in [0.1, 0.15) is 5.69 Å². The van der Waals surface area contributed by atoms with Gasteiger partial charge in [0.15, 0.2) is 0 Å². The van der Waals surface area contributed by atoms with Crippen LogP contribution in [-0.4, -0.2) is 38.2 Å². The number of rotatable bonds is 5. The van der Waals surface area contributed by atoms with Crippen LogP contribution in [0.25, 0.3) is 0 Å². The fraction of sp³-hybridized carbons (Fsp3) is 0.333. The molecule has 0 spiro atoms. The van der Waals surface area contributed by atoms with E-state index in [1.54, 1.807) is 6.07 Å². The standard InChI is InChI=1S/C12H16N4O3S/c13-6-1-3-10-4-5-11(16-9-10)12(17)15-7-2-8-20(14,18)19/h4-5,9H,2,6-8,13H2,(H,15,17)(H2,14,18,19). The fourth-order valence-corrected chi connectivity index (χ4v) is 1.87. The number of pyridine rings is 1. The number of sulfonamides is 1. The van der Waals surface area contributed by atoms with E-state index in [0.29, 0.717) is 5.56 Å². The molecular weight excluding hydrogens is 280 g/mol. The molecule has 7 nitrogen and oxygen atoms in total. The third-order valence-corrected chi connectivity index (χ3v) is 3.08. The van der Waals surface area contributed by atoms with Crippen molar-refractivity contribution in [2.24, 2.45) is 10.9 Å². The zero-order valence-electron chi connectivity index (χ0n) is 10.8. The van der Waals surface area contributed by atoms with Crippen LogP contribution >= 0.6 is 0 Å². The van der Waals surface area contributed by atoms with Crippen LogP contribution in [0, 0.1) is 11.8 Å². The molecule has 0 bridgehead atoms. The second-order valence-corrected chi connectivity index (χ2v) is 5.65. The second-order valence-electron chi connectivity index (χ2n) is 3.91. The summed E-state index contributed by atoms with van der Waals surface area (Å²) in [6, 6.07) is 3.20. The molecule has 0 aliphatic carbocycles. The molecule has 108 valence electrons. The molecule has 5 N–H and O–H groups in total. The third kappa shape index (κ3) is 6.29. The molecule has 0 atom stereocenters. The lowest BCUT2D eigenvalue weighted by molar-refractivity contribution is 0.0948. The van der Waals surface area contributed by atoms with Gasteiger partial charge in [0.25, 0.3) is 5.91 Å². The molecule has 1 aromatic heterocycles. The Morgan fingerprint density at radius 1 is 1.40 bits per heavy atom. The Balaban J connectivity index is 2.48. The number of carbonyl (C=O) groups excluding carboxylic acids is 1. The van der Waals surface area contributed by atoms with Gasteiger partial charge in [0.2, 0.25) is 10.0 Å². The lowest BCUT2D eigenvalue weighted by atomic mass is 10.2. The zero-order valence-corrected chi connectivity index (χ0v) is 11.6. The first kappa shape index (κ1) is 16.1. The average molecular weight is 296 g/mol. The first-order valence-corrected chi connectivity index (χ1v) is 7.57. The van der Waals surface area contributed by atoms with E-state index in [1.165, 1.54) is 12.3 Å². The molecule has 0 saturated carbocycles. The summed E-state index contributed by atoms with van der Waals surface area (Å²) in [5.74, 6) is 4.92. The number of aromatic nitrogens is 1. The minimum absolute atomic E-state index is 0.172. The maximum absolute atomic E-state index is 11.7. The van der Waals surface area contributed by atoms with E-state index in [2.05, 4.69) is 22.1 Å². The number of hydrogen-bond donors (Lipinski definition) is 3. The summed E-state index contributed by atoms with van der Waals surface area (Å²) in [5.41, 5.74) is 6.15. The van der Waals surface area contributed by atoms with Gasteiger partial charge < -0.3 is 11.1 Å². The van der Waals surface area contributed by atoms with Crippen molar-refractivity contribution in [2.75, 3.05) is 18.8 Å². The van der Waals surface area contributed by atoms with Gasteiger partial charge >= 0.3 is 0 Å². The number of nitrogens with two attached hydrogens (primary N) is 2. The number of nitrogens with one attached hydrogen (secondary N) is 1. The summed E-state index contributed by atoms with van der Waals surface area (Å²) in [4.78, 5) is 15.6. The molecule has 0 saturated heterocycles. The van der Waals surface area contributed by atoms with E-state index >= 15 is 0 Å². The molecule has 0 unspecified atom stereocenters. The van der Waals surface area contributed by atoms with Crippen molar-refractivity contribution in [3.63, 3.8) is 0 Å². The Labute approximate surface area is 117 Å². The Morgan fingerprint density at radius 2 is 2.15 bits per heavy atom. The molecule has 0 fully saturated rings. The van der Waals surface area contributed by atoms with E-state index in [1.807, 2.05) is 0 Å². The van der Waals surface area contributed by atoms with Crippen LogP contribution < -0.4 is 16.2 Å². The van der Waals surface area contributed by atoms with Gasteiger partial charge in [-0.15, -0.1) is 0 Å². The first-order chi connectivity index (χ1) is 9.42. The average Bonchev–Trinajstić information content (AvgIpc) is 2.40. The highest BCUT2D eigenvalue weighted by Gasteiger charge is 2.07. The summed E-state index contributed by atoms with van der Waals surface area (Å²) >= 11 is 0. The van der Waals surface area contributed by atoms with Crippen molar-refractivity contribution in [3.8, 4) is 11.8 Å². The molecule has 1 rings (SSSR count). The highest BCUT2D eigenvalue weighted by Crippen LogP contribution is 1.99. The van der Waals surface area contributed by atoms with E-state index in [-0.39, 0.29) is 36.9 Å². The van der Waals surface area contributed by atoms with Crippen molar-refractivity contribution in [2.45, 2.75) is 6.42 Å². The van der Waals surface area contributed by atoms with Crippen molar-refractivity contribution >= 4 is 15.9 Å². The summed E-state index contributed by atoms with van der Waals surface area (Å²) in [6.07, 6.45) is 1.73. The van der Waals surface area contributed by atoms with Crippen LogP contribution in [0.3, 0.4) is 0 Å². The largest absolute Gasteiger partial charge is 0.351 e. The van der Waals surface area contributed by atoms with E-state index in [0.717, 1.165) is 0 Å². The van der Waals surface area contributed by atoms with Crippen LogP contribution in [0.4, 0.5) is 0 Å². The number of carbonyl (C=O) groups is 1. The molecule has 1 heterocycles. The normalized spacial score (nSPS) is 10.5. The molecule has 1 amide bonds.